The summed E-state index contributed by atoms with van der Waals surface area (Å²) in [6.45, 7) is 0. The molecule has 4 heteroatoms. The molecule has 0 saturated carbocycles. The van der Waals surface area contributed by atoms with E-state index in [2.05, 4.69) is 9.59 Å². The zero-order valence-electron chi connectivity index (χ0n) is 7.10. The van der Waals surface area contributed by atoms with E-state index in [9.17, 15) is 0 Å². The van der Waals surface area contributed by atoms with Gasteiger partial charge in [0.2, 0.25) is 0 Å². The summed E-state index contributed by atoms with van der Waals surface area (Å²) in [6.07, 6.45) is 0. The van der Waals surface area contributed by atoms with Crippen molar-refractivity contribution in [2.75, 3.05) is 7.11 Å². The van der Waals surface area contributed by atoms with Crippen LogP contribution < -0.4 is 4.74 Å². The molecule has 1 heterocycles. The molecule has 1 aromatic carbocycles. The van der Waals surface area contributed by atoms with Crippen LogP contribution in [0.25, 0.3) is 11.3 Å². The summed E-state index contributed by atoms with van der Waals surface area (Å²) >= 11 is 1.34. The summed E-state index contributed by atoms with van der Waals surface area (Å²) in [6, 6.07) is 7.77. The minimum absolute atomic E-state index is 0.829. The van der Waals surface area contributed by atoms with Gasteiger partial charge in [0.15, 0.2) is 0 Å². The fraction of sp³-hybridized carbons (Fsp3) is 0.111. The molecule has 0 N–H and O–H groups in total. The average molecular weight is 192 g/mol. The molecule has 0 saturated heterocycles. The van der Waals surface area contributed by atoms with Crippen LogP contribution in [0.3, 0.4) is 0 Å². The first kappa shape index (κ1) is 8.19. The first-order valence-corrected chi connectivity index (χ1v) is 4.66. The highest BCUT2D eigenvalue weighted by Crippen LogP contribution is 2.27. The van der Waals surface area contributed by atoms with Gasteiger partial charge in [-0.05, 0) is 23.7 Å². The number of methoxy groups -OCH3 is 1. The fourth-order valence-corrected chi connectivity index (χ4v) is 1.59. The van der Waals surface area contributed by atoms with Crippen LogP contribution in [0.2, 0.25) is 0 Å². The molecule has 2 rings (SSSR count). The third kappa shape index (κ3) is 1.53. The first-order chi connectivity index (χ1) is 6.42. The van der Waals surface area contributed by atoms with Gasteiger partial charge in [-0.2, -0.15) is 0 Å². The summed E-state index contributed by atoms with van der Waals surface area (Å²) in [4.78, 5) is 0. The lowest BCUT2D eigenvalue weighted by Crippen LogP contribution is -1.87. The molecule has 2 aromatic rings. The molecule has 0 spiro atoms. The monoisotopic (exact) mass is 192 g/mol. The van der Waals surface area contributed by atoms with Gasteiger partial charge in [-0.1, -0.05) is 16.6 Å². The van der Waals surface area contributed by atoms with Gasteiger partial charge in [0.05, 0.1) is 7.11 Å². The Morgan fingerprint density at radius 1 is 1.31 bits per heavy atom. The Bertz CT molecular complexity index is 386. The number of rotatable bonds is 2. The standard InChI is InChI=1S/C9H8N2OS/c1-12-9-5-3-2-4-7(9)8-6-13-11-10-8/h2-6H,1H3. The van der Waals surface area contributed by atoms with Gasteiger partial charge < -0.3 is 4.74 Å². The highest BCUT2D eigenvalue weighted by Gasteiger charge is 2.06. The van der Waals surface area contributed by atoms with Gasteiger partial charge >= 0.3 is 0 Å². The van der Waals surface area contributed by atoms with Crippen molar-refractivity contribution in [1.82, 2.24) is 9.59 Å². The number of ether oxygens (including phenoxy) is 1. The molecule has 0 aliphatic rings. The van der Waals surface area contributed by atoms with Gasteiger partial charge in [-0.25, -0.2) is 0 Å². The SMILES string of the molecule is COc1ccccc1-c1csnn1. The topological polar surface area (TPSA) is 35.0 Å². The minimum atomic E-state index is 0.829. The van der Waals surface area contributed by atoms with E-state index < -0.39 is 0 Å². The maximum absolute atomic E-state index is 5.21. The molecule has 0 unspecified atom stereocenters. The van der Waals surface area contributed by atoms with Gasteiger partial charge in [-0.3, -0.25) is 0 Å². The molecule has 0 fully saturated rings. The Hall–Kier alpha value is -1.42. The van der Waals surface area contributed by atoms with Gasteiger partial charge in [0, 0.05) is 10.9 Å². The zero-order chi connectivity index (χ0) is 9.10. The van der Waals surface area contributed by atoms with Crippen LogP contribution in [-0.4, -0.2) is 16.7 Å². The molecule has 0 amide bonds. The van der Waals surface area contributed by atoms with Gasteiger partial charge in [0.1, 0.15) is 11.4 Å². The van der Waals surface area contributed by atoms with E-state index in [0.717, 1.165) is 17.0 Å². The van der Waals surface area contributed by atoms with Crippen molar-refractivity contribution in [1.29, 1.82) is 0 Å². The summed E-state index contributed by atoms with van der Waals surface area (Å²) in [5.74, 6) is 0.829. The largest absolute Gasteiger partial charge is 0.496 e. The number of nitrogens with zero attached hydrogens (tertiary/aromatic N) is 2. The minimum Gasteiger partial charge on any atom is -0.496 e. The van der Waals surface area contributed by atoms with Crippen LogP contribution in [0.1, 0.15) is 0 Å². The van der Waals surface area contributed by atoms with Crippen LogP contribution in [0.4, 0.5) is 0 Å². The van der Waals surface area contributed by atoms with Crippen molar-refractivity contribution >= 4 is 11.5 Å². The third-order valence-electron chi connectivity index (χ3n) is 1.74. The molecule has 0 bridgehead atoms. The highest BCUT2D eigenvalue weighted by atomic mass is 32.1. The molecular formula is C9H8N2OS. The molecule has 1 aromatic heterocycles. The van der Waals surface area contributed by atoms with Crippen molar-refractivity contribution in [2.24, 2.45) is 0 Å². The summed E-state index contributed by atoms with van der Waals surface area (Å²) in [7, 11) is 1.65. The van der Waals surface area contributed by atoms with Crippen LogP contribution in [0, 0.1) is 0 Å². The van der Waals surface area contributed by atoms with Crippen molar-refractivity contribution in [2.45, 2.75) is 0 Å². The summed E-state index contributed by atoms with van der Waals surface area (Å²) in [5.41, 5.74) is 1.85. The molecule has 66 valence electrons. The molecular weight excluding hydrogens is 184 g/mol. The quantitative estimate of drug-likeness (QED) is 0.731. The molecule has 13 heavy (non-hydrogen) atoms. The van der Waals surface area contributed by atoms with E-state index in [1.165, 1.54) is 11.5 Å². The zero-order valence-corrected chi connectivity index (χ0v) is 7.91. The van der Waals surface area contributed by atoms with Crippen molar-refractivity contribution < 1.29 is 4.74 Å². The molecule has 3 nitrogen and oxygen atoms in total. The number of hydrogen-bond donors (Lipinski definition) is 0. The van der Waals surface area contributed by atoms with Gasteiger partial charge in [-0.15, -0.1) is 5.10 Å². The molecule has 0 aliphatic heterocycles. The predicted octanol–water partition coefficient (Wildman–Crippen LogP) is 2.21. The van der Waals surface area contributed by atoms with Crippen molar-refractivity contribution in [3.8, 4) is 17.0 Å². The van der Waals surface area contributed by atoms with E-state index in [-0.39, 0.29) is 0 Å². The van der Waals surface area contributed by atoms with Crippen LogP contribution >= 0.6 is 11.5 Å². The van der Waals surface area contributed by atoms with E-state index in [0.29, 0.717) is 0 Å². The maximum Gasteiger partial charge on any atom is 0.128 e. The summed E-state index contributed by atoms with van der Waals surface area (Å²) < 4.78 is 9.02. The van der Waals surface area contributed by atoms with E-state index in [1.54, 1.807) is 7.11 Å². The van der Waals surface area contributed by atoms with E-state index >= 15 is 0 Å². The second-order valence-corrected chi connectivity index (χ2v) is 3.10. The van der Waals surface area contributed by atoms with Crippen LogP contribution in [-0.2, 0) is 0 Å². The van der Waals surface area contributed by atoms with Crippen LogP contribution in [0.5, 0.6) is 5.75 Å². The maximum atomic E-state index is 5.21. The second kappa shape index (κ2) is 3.53. The van der Waals surface area contributed by atoms with E-state index in [4.69, 9.17) is 4.74 Å². The number of benzene rings is 1. The Morgan fingerprint density at radius 3 is 2.85 bits per heavy atom. The first-order valence-electron chi connectivity index (χ1n) is 3.82. The molecule has 0 aliphatic carbocycles. The average Bonchev–Trinajstić information content (AvgIpc) is 2.70. The normalized spacial score (nSPS) is 9.92. The smallest absolute Gasteiger partial charge is 0.128 e. The van der Waals surface area contributed by atoms with E-state index in [1.807, 2.05) is 29.6 Å². The predicted molar refractivity (Wildman–Crippen MR) is 51.9 cm³/mol. The molecule has 0 atom stereocenters. The molecule has 0 radical (unpaired) electrons. The Kier molecular flexibility index (Phi) is 2.23. The Balaban J connectivity index is 2.51. The Morgan fingerprint density at radius 2 is 2.15 bits per heavy atom. The third-order valence-corrected chi connectivity index (χ3v) is 2.25. The number of aromatic nitrogens is 2. The summed E-state index contributed by atoms with van der Waals surface area (Å²) in [5, 5.41) is 5.88. The van der Waals surface area contributed by atoms with Crippen LogP contribution in [0.15, 0.2) is 29.6 Å². The number of hydrogen-bond acceptors (Lipinski definition) is 4. The van der Waals surface area contributed by atoms with Crippen molar-refractivity contribution in [3.63, 3.8) is 0 Å². The lowest BCUT2D eigenvalue weighted by Gasteiger charge is -2.03. The van der Waals surface area contributed by atoms with Gasteiger partial charge in [0.25, 0.3) is 0 Å². The lowest BCUT2D eigenvalue weighted by molar-refractivity contribution is 0.416. The number of para-hydroxylation sites is 1. The second-order valence-electron chi connectivity index (χ2n) is 2.49. The Labute approximate surface area is 80.2 Å². The fourth-order valence-electron chi connectivity index (χ4n) is 1.14. The lowest BCUT2D eigenvalue weighted by atomic mass is 10.1. The van der Waals surface area contributed by atoms with Crippen molar-refractivity contribution in [3.05, 3.63) is 29.6 Å². The highest BCUT2D eigenvalue weighted by molar-refractivity contribution is 7.03.